The minimum Gasteiger partial charge on any atom is -0.351 e. The van der Waals surface area contributed by atoms with Gasteiger partial charge in [-0.25, -0.2) is 13.4 Å². The Hall–Kier alpha value is -1.87. The molecule has 0 unspecified atom stereocenters. The van der Waals surface area contributed by atoms with Crippen LogP contribution in [0.25, 0.3) is 11.4 Å². The van der Waals surface area contributed by atoms with Crippen LogP contribution in [0.5, 0.6) is 0 Å². The van der Waals surface area contributed by atoms with E-state index in [2.05, 4.69) is 39.6 Å². The highest BCUT2D eigenvalue weighted by Gasteiger charge is 2.30. The number of thioether (sulfide) groups is 1. The van der Waals surface area contributed by atoms with Gasteiger partial charge in [-0.1, -0.05) is 43.0 Å². The van der Waals surface area contributed by atoms with Crippen LogP contribution < -0.4 is 5.32 Å². The number of nitrogens with zero attached hydrogens (tertiary/aromatic N) is 2. The van der Waals surface area contributed by atoms with Gasteiger partial charge in [0.25, 0.3) is 0 Å². The second kappa shape index (κ2) is 7.79. The normalized spacial score (nSPS) is 20.0. The number of sulfone groups is 1. The minimum absolute atomic E-state index is 0.0225. The molecule has 1 aliphatic heterocycles. The Bertz CT molecular complexity index is 878. The van der Waals surface area contributed by atoms with E-state index in [9.17, 15) is 13.2 Å². The van der Waals surface area contributed by atoms with Crippen LogP contribution >= 0.6 is 11.8 Å². The quantitative estimate of drug-likeness (QED) is 0.724. The summed E-state index contributed by atoms with van der Waals surface area (Å²) >= 11 is 1.24. The first-order valence-electron chi connectivity index (χ1n) is 8.55. The zero-order valence-corrected chi connectivity index (χ0v) is 16.4. The number of hydrogen-bond acceptors (Lipinski definition) is 6. The average Bonchev–Trinajstić information content (AvgIpc) is 3.21. The Kier molecular flexibility index (Phi) is 5.67. The summed E-state index contributed by atoms with van der Waals surface area (Å²) in [5.41, 5.74) is 2.19. The van der Waals surface area contributed by atoms with Gasteiger partial charge in [0.2, 0.25) is 11.1 Å². The van der Waals surface area contributed by atoms with E-state index in [-0.39, 0.29) is 23.5 Å². The van der Waals surface area contributed by atoms with Crippen LogP contribution in [0, 0.1) is 0 Å². The monoisotopic (exact) mass is 394 g/mol. The molecule has 0 bridgehead atoms. The van der Waals surface area contributed by atoms with Crippen LogP contribution in [-0.2, 0) is 21.1 Å². The van der Waals surface area contributed by atoms with Crippen molar-refractivity contribution in [3.05, 3.63) is 29.8 Å². The molecule has 0 radical (unpaired) electrons. The molecule has 26 heavy (non-hydrogen) atoms. The maximum absolute atomic E-state index is 12.3. The third-order valence-electron chi connectivity index (χ3n) is 4.33. The number of aromatic amines is 1. The maximum Gasteiger partial charge on any atom is 0.233 e. The van der Waals surface area contributed by atoms with Gasteiger partial charge in [0, 0.05) is 11.6 Å². The first-order valence-corrected chi connectivity index (χ1v) is 11.3. The molecule has 2 atom stereocenters. The van der Waals surface area contributed by atoms with Gasteiger partial charge in [-0.2, -0.15) is 0 Å². The molecule has 1 aliphatic rings. The molecule has 1 aromatic carbocycles. The van der Waals surface area contributed by atoms with Crippen LogP contribution in [0.3, 0.4) is 0 Å². The number of H-pyrrole nitrogens is 1. The van der Waals surface area contributed by atoms with Crippen molar-refractivity contribution in [3.8, 4) is 11.4 Å². The summed E-state index contributed by atoms with van der Waals surface area (Å²) in [6.45, 7) is 3.86. The molecular weight excluding hydrogens is 372 g/mol. The maximum atomic E-state index is 12.3. The number of aryl methyl sites for hydroxylation is 1. The molecular formula is C17H22N4O3S2. The Morgan fingerprint density at radius 1 is 1.38 bits per heavy atom. The Morgan fingerprint density at radius 2 is 2.12 bits per heavy atom. The van der Waals surface area contributed by atoms with E-state index in [4.69, 9.17) is 0 Å². The molecule has 0 saturated carbocycles. The lowest BCUT2D eigenvalue weighted by molar-refractivity contribution is -0.120. The summed E-state index contributed by atoms with van der Waals surface area (Å²) in [6, 6.07) is 7.79. The molecule has 2 N–H and O–H groups in total. The topological polar surface area (TPSA) is 105 Å². The van der Waals surface area contributed by atoms with Crippen molar-refractivity contribution in [2.75, 3.05) is 11.5 Å². The van der Waals surface area contributed by atoms with Crippen molar-refractivity contribution in [1.29, 1.82) is 0 Å². The number of rotatable bonds is 6. The highest BCUT2D eigenvalue weighted by molar-refractivity contribution is 8.00. The van der Waals surface area contributed by atoms with E-state index in [1.807, 2.05) is 12.1 Å². The van der Waals surface area contributed by atoms with Crippen molar-refractivity contribution in [3.63, 3.8) is 0 Å². The van der Waals surface area contributed by atoms with Crippen LogP contribution in [0.15, 0.2) is 29.4 Å². The van der Waals surface area contributed by atoms with Crippen LogP contribution in [0.4, 0.5) is 0 Å². The molecule has 1 amide bonds. The van der Waals surface area contributed by atoms with Crippen molar-refractivity contribution in [2.45, 2.75) is 43.1 Å². The first kappa shape index (κ1) is 18.9. The fraction of sp³-hybridized carbons (Fsp3) is 0.471. The summed E-state index contributed by atoms with van der Waals surface area (Å²) < 4.78 is 23.0. The Labute approximate surface area is 157 Å². The third-order valence-corrected chi connectivity index (χ3v) is 7.06. The van der Waals surface area contributed by atoms with Gasteiger partial charge < -0.3 is 5.32 Å². The number of nitrogens with one attached hydrogen (secondary N) is 2. The highest BCUT2D eigenvalue weighted by atomic mass is 32.2. The van der Waals surface area contributed by atoms with E-state index in [0.29, 0.717) is 17.4 Å². The molecule has 3 rings (SSSR count). The Morgan fingerprint density at radius 3 is 2.73 bits per heavy atom. The molecule has 2 aromatic rings. The summed E-state index contributed by atoms with van der Waals surface area (Å²) in [7, 11) is -3.01. The largest absolute Gasteiger partial charge is 0.351 e. The molecule has 7 nitrogen and oxygen atoms in total. The summed E-state index contributed by atoms with van der Waals surface area (Å²) in [4.78, 5) is 16.7. The van der Waals surface area contributed by atoms with Gasteiger partial charge in [-0.15, -0.1) is 5.10 Å². The predicted octanol–water partition coefficient (Wildman–Crippen LogP) is 1.82. The first-order chi connectivity index (χ1) is 12.4. The second-order valence-electron chi connectivity index (χ2n) is 6.39. The van der Waals surface area contributed by atoms with Gasteiger partial charge >= 0.3 is 0 Å². The molecule has 9 heteroatoms. The van der Waals surface area contributed by atoms with Gasteiger partial charge in [0.05, 0.1) is 16.8 Å². The zero-order valence-electron chi connectivity index (χ0n) is 14.7. The standard InChI is InChI=1S/C17H22N4O3S2/c1-3-12-4-6-13(7-5-12)15-19-17(21-20-15)25-11(2)16(22)18-14-8-9-26(23,24)10-14/h4-7,11,14H,3,8-10H2,1-2H3,(H,18,22)(H,19,20,21)/t11-,14-/m0/s1. The zero-order chi connectivity index (χ0) is 18.7. The fourth-order valence-electron chi connectivity index (χ4n) is 2.77. The molecule has 140 valence electrons. The number of aromatic nitrogens is 3. The summed E-state index contributed by atoms with van der Waals surface area (Å²) in [6.07, 6.45) is 1.46. The van der Waals surface area contributed by atoms with Gasteiger partial charge in [-0.3, -0.25) is 9.89 Å². The van der Waals surface area contributed by atoms with Gasteiger partial charge in [0.1, 0.15) is 0 Å². The molecule has 0 spiro atoms. The number of benzene rings is 1. The molecule has 1 saturated heterocycles. The average molecular weight is 395 g/mol. The predicted molar refractivity (Wildman–Crippen MR) is 102 cm³/mol. The van der Waals surface area contributed by atoms with E-state index in [1.54, 1.807) is 6.92 Å². The fourth-order valence-corrected chi connectivity index (χ4v) is 5.17. The third kappa shape index (κ3) is 4.64. The second-order valence-corrected chi connectivity index (χ2v) is 9.92. The summed E-state index contributed by atoms with van der Waals surface area (Å²) in [5.74, 6) is 0.621. The molecule has 2 heterocycles. The van der Waals surface area contributed by atoms with E-state index >= 15 is 0 Å². The van der Waals surface area contributed by atoms with E-state index < -0.39 is 15.1 Å². The minimum atomic E-state index is -3.01. The van der Waals surface area contributed by atoms with Crippen LogP contribution in [0.1, 0.15) is 25.8 Å². The summed E-state index contributed by atoms with van der Waals surface area (Å²) in [5, 5.41) is 9.93. The van der Waals surface area contributed by atoms with E-state index in [1.165, 1.54) is 17.3 Å². The molecule has 1 fully saturated rings. The number of carbonyl (C=O) groups is 1. The van der Waals surface area contributed by atoms with Crippen molar-refractivity contribution in [2.24, 2.45) is 0 Å². The highest BCUT2D eigenvalue weighted by Crippen LogP contribution is 2.23. The number of amides is 1. The van der Waals surface area contributed by atoms with Crippen molar-refractivity contribution < 1.29 is 13.2 Å². The van der Waals surface area contributed by atoms with Gasteiger partial charge in [-0.05, 0) is 25.3 Å². The van der Waals surface area contributed by atoms with Crippen LogP contribution in [0.2, 0.25) is 0 Å². The SMILES string of the molecule is CCc1ccc(-c2nc(S[C@@H](C)C(=O)N[C@H]3CCS(=O)(=O)C3)n[nH]2)cc1. The van der Waals surface area contributed by atoms with Crippen molar-refractivity contribution >= 4 is 27.5 Å². The lowest BCUT2D eigenvalue weighted by Gasteiger charge is -2.14. The van der Waals surface area contributed by atoms with Gasteiger partial charge in [0.15, 0.2) is 15.7 Å². The number of carbonyl (C=O) groups excluding carboxylic acids is 1. The molecule has 1 aromatic heterocycles. The Balaban J connectivity index is 1.58. The number of hydrogen-bond donors (Lipinski definition) is 2. The lowest BCUT2D eigenvalue weighted by Crippen LogP contribution is -2.39. The van der Waals surface area contributed by atoms with Crippen molar-refractivity contribution in [1.82, 2.24) is 20.5 Å². The smallest absolute Gasteiger partial charge is 0.233 e. The van der Waals surface area contributed by atoms with E-state index in [0.717, 1.165) is 12.0 Å². The molecule has 0 aliphatic carbocycles. The van der Waals surface area contributed by atoms with Crippen LogP contribution in [-0.4, -0.2) is 52.3 Å². The lowest BCUT2D eigenvalue weighted by atomic mass is 10.1.